The van der Waals surface area contributed by atoms with Gasteiger partial charge in [0.05, 0.1) is 6.54 Å². The van der Waals surface area contributed by atoms with E-state index in [0.717, 1.165) is 25.2 Å². The van der Waals surface area contributed by atoms with Crippen molar-refractivity contribution in [1.29, 1.82) is 0 Å². The maximum Gasteiger partial charge on any atom is 0.220 e. The van der Waals surface area contributed by atoms with E-state index < -0.39 is 0 Å². The molecule has 1 aromatic heterocycles. The monoisotopic (exact) mass is 292 g/mol. The van der Waals surface area contributed by atoms with Gasteiger partial charge in [-0.25, -0.2) is 4.98 Å². The molecule has 0 aliphatic carbocycles. The van der Waals surface area contributed by atoms with Gasteiger partial charge in [0.1, 0.15) is 5.82 Å². The van der Waals surface area contributed by atoms with E-state index in [1.807, 2.05) is 6.20 Å². The fourth-order valence-electron chi connectivity index (χ4n) is 3.02. The van der Waals surface area contributed by atoms with Crippen LogP contribution in [0.1, 0.15) is 51.3 Å². The molecule has 0 unspecified atom stereocenters. The Kier molecular flexibility index (Phi) is 6.23. The highest BCUT2D eigenvalue weighted by atomic mass is 16.1. The first-order valence-corrected chi connectivity index (χ1v) is 8.17. The first kappa shape index (κ1) is 16.0. The van der Waals surface area contributed by atoms with Crippen LogP contribution in [-0.2, 0) is 17.9 Å². The van der Waals surface area contributed by atoms with Crippen LogP contribution in [-0.4, -0.2) is 40.0 Å². The van der Waals surface area contributed by atoms with E-state index in [9.17, 15) is 4.79 Å². The van der Waals surface area contributed by atoms with Gasteiger partial charge in [0.15, 0.2) is 0 Å². The fourth-order valence-corrected chi connectivity index (χ4v) is 3.02. The Morgan fingerprint density at radius 3 is 3.10 bits per heavy atom. The van der Waals surface area contributed by atoms with Crippen molar-refractivity contribution in [1.82, 2.24) is 19.8 Å². The summed E-state index contributed by atoms with van der Waals surface area (Å²) in [5.74, 6) is 1.08. The number of aromatic nitrogens is 2. The molecule has 0 aromatic carbocycles. The first-order valence-electron chi connectivity index (χ1n) is 8.17. The lowest BCUT2D eigenvalue weighted by Gasteiger charge is -2.32. The van der Waals surface area contributed by atoms with Crippen molar-refractivity contribution in [3.05, 3.63) is 18.2 Å². The van der Waals surface area contributed by atoms with Crippen molar-refractivity contribution in [2.45, 2.75) is 64.6 Å². The molecule has 1 fully saturated rings. The standard InChI is InChI=1S/C16H28N4O/c1-3-10-20-12-9-17-15(20)13-18-16(21)8-7-14-6-4-5-11-19(14)2/h9,12,14H,3-8,10-11,13H2,1-2H3,(H,18,21)/t14-/m1/s1. The molecule has 21 heavy (non-hydrogen) atoms. The number of piperidine rings is 1. The number of rotatable bonds is 7. The predicted octanol–water partition coefficient (Wildman–Crippen LogP) is 2.17. The second-order valence-electron chi connectivity index (χ2n) is 5.98. The van der Waals surface area contributed by atoms with Gasteiger partial charge in [-0.3, -0.25) is 4.79 Å². The number of carbonyl (C=O) groups is 1. The van der Waals surface area contributed by atoms with Gasteiger partial charge >= 0.3 is 0 Å². The molecular formula is C16H28N4O. The van der Waals surface area contributed by atoms with Crippen LogP contribution < -0.4 is 5.32 Å². The van der Waals surface area contributed by atoms with Crippen LogP contribution in [0.4, 0.5) is 0 Å². The summed E-state index contributed by atoms with van der Waals surface area (Å²) in [4.78, 5) is 18.7. The topological polar surface area (TPSA) is 50.2 Å². The lowest BCUT2D eigenvalue weighted by atomic mass is 9.98. The van der Waals surface area contributed by atoms with Crippen LogP contribution >= 0.6 is 0 Å². The average Bonchev–Trinajstić information content (AvgIpc) is 2.92. The predicted molar refractivity (Wildman–Crippen MR) is 83.9 cm³/mol. The zero-order valence-corrected chi connectivity index (χ0v) is 13.3. The minimum atomic E-state index is 0.139. The van der Waals surface area contributed by atoms with Crippen molar-refractivity contribution in [2.75, 3.05) is 13.6 Å². The van der Waals surface area contributed by atoms with Gasteiger partial charge in [-0.2, -0.15) is 0 Å². The third-order valence-electron chi connectivity index (χ3n) is 4.34. The van der Waals surface area contributed by atoms with Crippen molar-refractivity contribution < 1.29 is 4.79 Å². The molecule has 1 aliphatic rings. The second-order valence-corrected chi connectivity index (χ2v) is 5.98. The van der Waals surface area contributed by atoms with Crippen LogP contribution in [0.3, 0.4) is 0 Å². The van der Waals surface area contributed by atoms with E-state index in [4.69, 9.17) is 0 Å². The largest absolute Gasteiger partial charge is 0.349 e. The molecule has 2 rings (SSSR count). The normalized spacial score (nSPS) is 19.6. The highest BCUT2D eigenvalue weighted by Gasteiger charge is 2.19. The van der Waals surface area contributed by atoms with Gasteiger partial charge in [-0.15, -0.1) is 0 Å². The summed E-state index contributed by atoms with van der Waals surface area (Å²) >= 11 is 0. The van der Waals surface area contributed by atoms with Crippen LogP contribution in [0.15, 0.2) is 12.4 Å². The van der Waals surface area contributed by atoms with E-state index in [0.29, 0.717) is 19.0 Å². The maximum atomic E-state index is 12.0. The molecule has 1 atom stereocenters. The summed E-state index contributed by atoms with van der Waals surface area (Å²) in [7, 11) is 2.17. The Morgan fingerprint density at radius 1 is 1.48 bits per heavy atom. The number of nitrogens with zero attached hydrogens (tertiary/aromatic N) is 3. The molecule has 2 heterocycles. The van der Waals surface area contributed by atoms with Gasteiger partial charge in [0, 0.05) is 31.4 Å². The van der Waals surface area contributed by atoms with Gasteiger partial charge in [-0.05, 0) is 39.3 Å². The molecule has 1 aliphatic heterocycles. The van der Waals surface area contributed by atoms with Crippen LogP contribution in [0.2, 0.25) is 0 Å². The van der Waals surface area contributed by atoms with Crippen LogP contribution in [0.25, 0.3) is 0 Å². The Labute approximate surface area is 127 Å². The smallest absolute Gasteiger partial charge is 0.220 e. The van der Waals surface area contributed by atoms with E-state index in [1.54, 1.807) is 6.20 Å². The van der Waals surface area contributed by atoms with E-state index in [2.05, 4.69) is 33.7 Å². The van der Waals surface area contributed by atoms with E-state index >= 15 is 0 Å². The quantitative estimate of drug-likeness (QED) is 0.838. The van der Waals surface area contributed by atoms with Gasteiger partial charge in [0.25, 0.3) is 0 Å². The van der Waals surface area contributed by atoms with Crippen molar-refractivity contribution in [3.8, 4) is 0 Å². The van der Waals surface area contributed by atoms with Crippen molar-refractivity contribution in [2.24, 2.45) is 0 Å². The summed E-state index contributed by atoms with van der Waals surface area (Å²) < 4.78 is 2.11. The Balaban J connectivity index is 1.70. The van der Waals surface area contributed by atoms with E-state index in [1.165, 1.54) is 25.8 Å². The highest BCUT2D eigenvalue weighted by Crippen LogP contribution is 2.18. The molecule has 1 N–H and O–H groups in total. The lowest BCUT2D eigenvalue weighted by Crippen LogP contribution is -2.37. The second kappa shape index (κ2) is 8.17. The lowest BCUT2D eigenvalue weighted by molar-refractivity contribution is -0.121. The van der Waals surface area contributed by atoms with Crippen molar-refractivity contribution in [3.63, 3.8) is 0 Å². The number of nitrogens with one attached hydrogen (secondary N) is 1. The molecule has 5 heteroatoms. The number of hydrogen-bond acceptors (Lipinski definition) is 3. The summed E-state index contributed by atoms with van der Waals surface area (Å²) in [6, 6.07) is 0.576. The number of carbonyl (C=O) groups excluding carboxylic acids is 1. The third kappa shape index (κ3) is 4.84. The molecule has 1 saturated heterocycles. The van der Waals surface area contributed by atoms with Crippen molar-refractivity contribution >= 4 is 5.91 Å². The first-order chi connectivity index (χ1) is 10.2. The number of aryl methyl sites for hydroxylation is 1. The van der Waals surface area contributed by atoms with Gasteiger partial charge in [0.2, 0.25) is 5.91 Å². The molecule has 118 valence electrons. The summed E-state index contributed by atoms with van der Waals surface area (Å²) in [5, 5.41) is 3.00. The molecular weight excluding hydrogens is 264 g/mol. The summed E-state index contributed by atoms with van der Waals surface area (Å²) in [6.07, 6.45) is 10.2. The van der Waals surface area contributed by atoms with Crippen LogP contribution in [0.5, 0.6) is 0 Å². The minimum Gasteiger partial charge on any atom is -0.349 e. The average molecular weight is 292 g/mol. The summed E-state index contributed by atoms with van der Waals surface area (Å²) in [5.41, 5.74) is 0. The van der Waals surface area contributed by atoms with Crippen LogP contribution in [0, 0.1) is 0 Å². The molecule has 1 amide bonds. The molecule has 1 aromatic rings. The molecule has 5 nitrogen and oxygen atoms in total. The summed E-state index contributed by atoms with van der Waals surface area (Å²) in [6.45, 7) is 4.80. The Bertz CT molecular complexity index is 443. The number of amides is 1. The number of likely N-dealkylation sites (tertiary alicyclic amines) is 1. The molecule has 0 spiro atoms. The zero-order valence-electron chi connectivity index (χ0n) is 13.3. The zero-order chi connectivity index (χ0) is 15.1. The van der Waals surface area contributed by atoms with E-state index in [-0.39, 0.29) is 5.91 Å². The Morgan fingerprint density at radius 2 is 2.33 bits per heavy atom. The SMILES string of the molecule is CCCn1ccnc1CNC(=O)CC[C@H]1CCCCN1C. The highest BCUT2D eigenvalue weighted by molar-refractivity contribution is 5.75. The minimum absolute atomic E-state index is 0.139. The number of imidazole rings is 1. The third-order valence-corrected chi connectivity index (χ3v) is 4.34. The molecule has 0 bridgehead atoms. The Hall–Kier alpha value is -1.36. The molecule has 0 radical (unpaired) electrons. The van der Waals surface area contributed by atoms with Gasteiger partial charge < -0.3 is 14.8 Å². The molecule has 0 saturated carbocycles. The number of hydrogen-bond donors (Lipinski definition) is 1. The maximum absolute atomic E-state index is 12.0. The fraction of sp³-hybridized carbons (Fsp3) is 0.750. The van der Waals surface area contributed by atoms with Gasteiger partial charge in [-0.1, -0.05) is 13.3 Å².